The van der Waals surface area contributed by atoms with Gasteiger partial charge in [0.15, 0.2) is 11.6 Å². The molecule has 0 spiro atoms. The van der Waals surface area contributed by atoms with E-state index in [0.717, 1.165) is 13.1 Å². The highest BCUT2D eigenvalue weighted by molar-refractivity contribution is 6.05. The predicted molar refractivity (Wildman–Crippen MR) is 142 cm³/mol. The maximum Gasteiger partial charge on any atom is 0.246 e. The standard InChI is InChI=1S/C28H29FN6O4/c1-3-22(37)33-10-9-19(21(36)13-33)34-11-16(12-34)5-8-20-23(17-6-7-18(29)26-25(17)38-15-39-26)24-27(30)31-14-32-28(24)35(20)4-2/h3,6-7,14,16,19,21,36H,1,4,9-13,15H2,2H3,(H2,30,31,32)/t19-,21+/m0/s1. The van der Waals surface area contributed by atoms with Gasteiger partial charge in [0.05, 0.1) is 11.5 Å². The number of carbonyl (C=O) groups excluding carboxylic acids is 1. The number of β-amino-alcohol motifs (C(OH)–C–C–N with tert-alkyl or cyclic N) is 1. The second-order valence-corrected chi connectivity index (χ2v) is 9.92. The van der Waals surface area contributed by atoms with Gasteiger partial charge in [-0.05, 0) is 37.5 Å². The molecule has 2 aromatic heterocycles. The fraction of sp³-hybridized carbons (Fsp3) is 0.393. The van der Waals surface area contributed by atoms with Crippen LogP contribution in [0.2, 0.25) is 0 Å². The molecule has 0 unspecified atom stereocenters. The summed E-state index contributed by atoms with van der Waals surface area (Å²) in [4.78, 5) is 24.4. The number of aliphatic hydroxyl groups is 1. The Morgan fingerprint density at radius 1 is 1.28 bits per heavy atom. The highest BCUT2D eigenvalue weighted by Gasteiger charge is 2.39. The molecule has 202 valence electrons. The molecular weight excluding hydrogens is 503 g/mol. The van der Waals surface area contributed by atoms with Crippen LogP contribution in [0.5, 0.6) is 11.5 Å². The van der Waals surface area contributed by atoms with E-state index in [1.807, 2.05) is 11.5 Å². The van der Waals surface area contributed by atoms with Crippen LogP contribution in [0.3, 0.4) is 0 Å². The van der Waals surface area contributed by atoms with E-state index in [2.05, 4.69) is 33.3 Å². The highest BCUT2D eigenvalue weighted by Crippen LogP contribution is 2.47. The van der Waals surface area contributed by atoms with Crippen LogP contribution < -0.4 is 15.2 Å². The van der Waals surface area contributed by atoms with E-state index in [-0.39, 0.29) is 30.4 Å². The van der Waals surface area contributed by atoms with Crippen molar-refractivity contribution in [2.45, 2.75) is 32.0 Å². The topological polar surface area (TPSA) is 119 Å². The fourth-order valence-corrected chi connectivity index (χ4v) is 5.77. The third-order valence-electron chi connectivity index (χ3n) is 7.73. The number of nitrogens with two attached hydrogens (primary N) is 1. The molecule has 3 N–H and O–H groups in total. The van der Waals surface area contributed by atoms with Gasteiger partial charge in [0.2, 0.25) is 18.4 Å². The van der Waals surface area contributed by atoms with Gasteiger partial charge in [0, 0.05) is 55.8 Å². The molecule has 0 radical (unpaired) electrons. The largest absolute Gasteiger partial charge is 0.453 e. The summed E-state index contributed by atoms with van der Waals surface area (Å²) in [5.74, 6) is 6.87. The number of benzene rings is 1. The number of anilines is 1. The number of aryl methyl sites for hydroxylation is 1. The first-order valence-corrected chi connectivity index (χ1v) is 13.0. The molecule has 10 nitrogen and oxygen atoms in total. The summed E-state index contributed by atoms with van der Waals surface area (Å²) in [6.45, 7) is 8.37. The fourth-order valence-electron chi connectivity index (χ4n) is 5.77. The molecule has 0 saturated carbocycles. The normalized spacial score (nSPS) is 20.9. The molecule has 3 aromatic rings. The van der Waals surface area contributed by atoms with Crippen LogP contribution >= 0.6 is 0 Å². The van der Waals surface area contributed by atoms with Crippen molar-refractivity contribution in [3.05, 3.63) is 42.6 Å². The highest BCUT2D eigenvalue weighted by atomic mass is 19.1. The van der Waals surface area contributed by atoms with Gasteiger partial charge in [0.25, 0.3) is 0 Å². The summed E-state index contributed by atoms with van der Waals surface area (Å²) in [7, 11) is 0. The Labute approximate surface area is 224 Å². The summed E-state index contributed by atoms with van der Waals surface area (Å²) >= 11 is 0. The van der Waals surface area contributed by atoms with Crippen LogP contribution in [-0.2, 0) is 11.3 Å². The molecule has 2 atom stereocenters. The summed E-state index contributed by atoms with van der Waals surface area (Å²) in [6.07, 6.45) is 2.79. The Bertz CT molecular complexity index is 1540. The van der Waals surface area contributed by atoms with Crippen molar-refractivity contribution < 1.29 is 23.8 Å². The van der Waals surface area contributed by atoms with Crippen molar-refractivity contribution >= 4 is 22.8 Å². The third-order valence-corrected chi connectivity index (χ3v) is 7.73. The first-order valence-electron chi connectivity index (χ1n) is 13.0. The minimum Gasteiger partial charge on any atom is -0.453 e. The molecule has 5 heterocycles. The molecule has 39 heavy (non-hydrogen) atoms. The number of carbonyl (C=O) groups is 1. The van der Waals surface area contributed by atoms with Crippen LogP contribution in [0.4, 0.5) is 10.2 Å². The number of nitrogen functional groups attached to an aromatic ring is 1. The van der Waals surface area contributed by atoms with E-state index in [0.29, 0.717) is 65.5 Å². The number of rotatable bonds is 4. The van der Waals surface area contributed by atoms with E-state index >= 15 is 0 Å². The Hall–Kier alpha value is -4.14. The summed E-state index contributed by atoms with van der Waals surface area (Å²) in [5.41, 5.74) is 8.97. The van der Waals surface area contributed by atoms with Gasteiger partial charge in [-0.1, -0.05) is 12.5 Å². The lowest BCUT2D eigenvalue weighted by molar-refractivity contribution is -0.132. The number of hydrogen-bond acceptors (Lipinski definition) is 8. The Kier molecular flexibility index (Phi) is 6.37. The van der Waals surface area contributed by atoms with Gasteiger partial charge in [-0.25, -0.2) is 14.4 Å². The van der Waals surface area contributed by atoms with E-state index in [1.54, 1.807) is 11.0 Å². The number of piperidine rings is 1. The number of fused-ring (bicyclic) bond motifs is 2. The molecule has 3 aliphatic heterocycles. The Morgan fingerprint density at radius 3 is 2.82 bits per heavy atom. The van der Waals surface area contributed by atoms with Gasteiger partial charge >= 0.3 is 0 Å². The predicted octanol–water partition coefficient (Wildman–Crippen LogP) is 2.00. The lowest BCUT2D eigenvalue weighted by Crippen LogP contribution is -2.61. The van der Waals surface area contributed by atoms with Crippen molar-refractivity contribution in [3.8, 4) is 34.5 Å². The van der Waals surface area contributed by atoms with E-state index in [4.69, 9.17) is 15.2 Å². The maximum absolute atomic E-state index is 14.4. The molecule has 3 aliphatic rings. The minimum absolute atomic E-state index is 0.0106. The quantitative estimate of drug-likeness (QED) is 0.387. The van der Waals surface area contributed by atoms with Crippen molar-refractivity contribution in [3.63, 3.8) is 0 Å². The number of aromatic nitrogens is 3. The maximum atomic E-state index is 14.4. The average molecular weight is 533 g/mol. The van der Waals surface area contributed by atoms with Crippen molar-refractivity contribution in [1.82, 2.24) is 24.3 Å². The number of aliphatic hydroxyl groups excluding tert-OH is 1. The van der Waals surface area contributed by atoms with Crippen molar-refractivity contribution in [2.75, 3.05) is 38.7 Å². The zero-order valence-corrected chi connectivity index (χ0v) is 21.6. The summed E-state index contributed by atoms with van der Waals surface area (Å²) in [6, 6.07) is 2.98. The van der Waals surface area contributed by atoms with Crippen LogP contribution in [0, 0.1) is 23.6 Å². The second kappa shape index (κ2) is 9.87. The average Bonchev–Trinajstić information content (AvgIpc) is 3.53. The zero-order chi connectivity index (χ0) is 27.3. The molecule has 0 aliphatic carbocycles. The second-order valence-electron chi connectivity index (χ2n) is 9.92. The number of nitrogens with zero attached hydrogens (tertiary/aromatic N) is 5. The molecule has 2 fully saturated rings. The lowest BCUT2D eigenvalue weighted by Gasteiger charge is -2.47. The zero-order valence-electron chi connectivity index (χ0n) is 21.6. The Balaban J connectivity index is 1.31. The lowest BCUT2D eigenvalue weighted by atomic mass is 9.91. The minimum atomic E-state index is -0.616. The van der Waals surface area contributed by atoms with E-state index in [9.17, 15) is 14.3 Å². The monoisotopic (exact) mass is 532 g/mol. The molecule has 1 aromatic carbocycles. The molecule has 6 rings (SSSR count). The summed E-state index contributed by atoms with van der Waals surface area (Å²) in [5, 5.41) is 11.3. The smallest absolute Gasteiger partial charge is 0.246 e. The number of halogens is 1. The Morgan fingerprint density at radius 2 is 2.08 bits per heavy atom. The van der Waals surface area contributed by atoms with Crippen LogP contribution in [-0.4, -0.2) is 80.5 Å². The van der Waals surface area contributed by atoms with Gasteiger partial charge in [-0.3, -0.25) is 9.69 Å². The first-order chi connectivity index (χ1) is 18.9. The first kappa shape index (κ1) is 25.2. The number of ether oxygens (including phenoxy) is 2. The van der Waals surface area contributed by atoms with E-state index in [1.165, 1.54) is 18.5 Å². The van der Waals surface area contributed by atoms with Crippen molar-refractivity contribution in [2.24, 2.45) is 5.92 Å². The van der Waals surface area contributed by atoms with Crippen LogP contribution in [0.25, 0.3) is 22.2 Å². The molecule has 11 heteroatoms. The van der Waals surface area contributed by atoms with Gasteiger partial charge in [-0.2, -0.15) is 0 Å². The molecule has 1 amide bonds. The molecule has 0 bridgehead atoms. The van der Waals surface area contributed by atoms with Gasteiger partial charge < -0.3 is 29.8 Å². The van der Waals surface area contributed by atoms with Crippen molar-refractivity contribution in [1.29, 1.82) is 0 Å². The molecular formula is C28H29FN6O4. The number of hydrogen-bond donors (Lipinski definition) is 2. The third kappa shape index (κ3) is 4.16. The van der Waals surface area contributed by atoms with Crippen LogP contribution in [0.15, 0.2) is 31.1 Å². The number of amides is 1. The van der Waals surface area contributed by atoms with Gasteiger partial charge in [-0.15, -0.1) is 0 Å². The van der Waals surface area contributed by atoms with E-state index < -0.39 is 11.9 Å². The van der Waals surface area contributed by atoms with Crippen LogP contribution in [0.1, 0.15) is 19.0 Å². The number of likely N-dealkylation sites (tertiary alicyclic amines) is 2. The molecule has 2 saturated heterocycles. The SMILES string of the molecule is C=CC(=O)N1CC[C@H](N2CC(C#Cc3c(-c4ccc(F)c5c4OCO5)c4c(N)ncnc4n3CC)C2)[C@H](O)C1. The summed E-state index contributed by atoms with van der Waals surface area (Å²) < 4.78 is 27.5. The van der Waals surface area contributed by atoms with Gasteiger partial charge in [0.1, 0.15) is 23.5 Å².